The maximum absolute atomic E-state index is 10.9. The van der Waals surface area contributed by atoms with E-state index in [1.807, 2.05) is 18.7 Å². The van der Waals surface area contributed by atoms with Gasteiger partial charge in [-0.15, -0.1) is 11.3 Å². The van der Waals surface area contributed by atoms with Crippen molar-refractivity contribution < 1.29 is 19.4 Å². The molecule has 120 valence electrons. The molecule has 1 heterocycles. The first-order valence-corrected chi connectivity index (χ1v) is 7.82. The summed E-state index contributed by atoms with van der Waals surface area (Å²) in [6.07, 6.45) is 0. The third-order valence-corrected chi connectivity index (χ3v) is 3.70. The lowest BCUT2D eigenvalue weighted by Crippen LogP contribution is -2.31. The molecule has 0 aliphatic rings. The zero-order valence-electron chi connectivity index (χ0n) is 12.4. The molecule has 0 aliphatic heterocycles. The number of aliphatic carboxylic acids is 1. The lowest BCUT2D eigenvalue weighted by Gasteiger charge is -2.21. The fourth-order valence-corrected chi connectivity index (χ4v) is 2.55. The minimum absolute atomic E-state index is 0.375. The molecule has 1 atom stereocenters. The standard InChI is InChI=1S/C13H23N3O4S/c1-3-19-7-5-16(6-8-20-4-2)13-15-10(9-21-13)11(14)12(17)18/h9,11H,3-8,14H2,1-2H3,(H,17,18). The SMILES string of the molecule is CCOCCN(CCOCC)c1nc(C(N)C(=O)O)cs1. The van der Waals surface area contributed by atoms with Crippen LogP contribution in [0.1, 0.15) is 25.6 Å². The van der Waals surface area contributed by atoms with Gasteiger partial charge in [0.25, 0.3) is 0 Å². The molecule has 0 fully saturated rings. The summed E-state index contributed by atoms with van der Waals surface area (Å²) >= 11 is 1.38. The summed E-state index contributed by atoms with van der Waals surface area (Å²) in [4.78, 5) is 17.2. The number of ether oxygens (including phenoxy) is 2. The number of carbonyl (C=O) groups is 1. The van der Waals surface area contributed by atoms with Crippen LogP contribution in [0.25, 0.3) is 0 Å². The van der Waals surface area contributed by atoms with Gasteiger partial charge in [0.15, 0.2) is 5.13 Å². The Morgan fingerprint density at radius 3 is 2.43 bits per heavy atom. The number of nitrogens with two attached hydrogens (primary N) is 1. The number of carboxylic acid groups (broad SMARTS) is 1. The van der Waals surface area contributed by atoms with Crippen molar-refractivity contribution in [2.45, 2.75) is 19.9 Å². The molecule has 3 N–H and O–H groups in total. The summed E-state index contributed by atoms with van der Waals surface area (Å²) in [5.41, 5.74) is 5.95. The van der Waals surface area contributed by atoms with E-state index in [0.29, 0.717) is 45.2 Å². The number of hydrogen-bond donors (Lipinski definition) is 2. The van der Waals surface area contributed by atoms with Gasteiger partial charge in [0.1, 0.15) is 6.04 Å². The summed E-state index contributed by atoms with van der Waals surface area (Å²) in [6, 6.07) is -1.09. The van der Waals surface area contributed by atoms with E-state index in [0.717, 1.165) is 5.13 Å². The van der Waals surface area contributed by atoms with Crippen molar-refractivity contribution in [3.05, 3.63) is 11.1 Å². The first-order valence-electron chi connectivity index (χ1n) is 6.94. The van der Waals surface area contributed by atoms with Gasteiger partial charge in [0.05, 0.1) is 18.9 Å². The zero-order valence-corrected chi connectivity index (χ0v) is 13.3. The molecule has 0 aromatic carbocycles. The second-order valence-electron chi connectivity index (χ2n) is 4.25. The molecule has 21 heavy (non-hydrogen) atoms. The largest absolute Gasteiger partial charge is 0.480 e. The molecule has 0 spiro atoms. The molecule has 8 heteroatoms. The van der Waals surface area contributed by atoms with E-state index in [9.17, 15) is 4.79 Å². The van der Waals surface area contributed by atoms with Gasteiger partial charge in [-0.3, -0.25) is 4.79 Å². The molecule has 7 nitrogen and oxygen atoms in total. The topological polar surface area (TPSA) is 97.9 Å². The predicted octanol–water partition coefficient (Wildman–Crippen LogP) is 1.11. The fourth-order valence-electron chi connectivity index (χ4n) is 1.63. The van der Waals surface area contributed by atoms with Crippen molar-refractivity contribution in [3.8, 4) is 0 Å². The minimum Gasteiger partial charge on any atom is -0.480 e. The van der Waals surface area contributed by atoms with Gasteiger partial charge in [-0.05, 0) is 13.8 Å². The van der Waals surface area contributed by atoms with Crippen LogP contribution in [0.4, 0.5) is 5.13 Å². The van der Waals surface area contributed by atoms with Gasteiger partial charge >= 0.3 is 5.97 Å². The van der Waals surface area contributed by atoms with Gasteiger partial charge in [-0.2, -0.15) is 0 Å². The van der Waals surface area contributed by atoms with Crippen LogP contribution in [-0.2, 0) is 14.3 Å². The minimum atomic E-state index is -1.09. The zero-order chi connectivity index (χ0) is 15.7. The number of nitrogens with zero attached hydrogens (tertiary/aromatic N) is 2. The van der Waals surface area contributed by atoms with E-state index in [2.05, 4.69) is 4.98 Å². The summed E-state index contributed by atoms with van der Waals surface area (Å²) in [5.74, 6) is -1.08. The Morgan fingerprint density at radius 1 is 1.38 bits per heavy atom. The number of aromatic nitrogens is 1. The van der Waals surface area contributed by atoms with E-state index >= 15 is 0 Å². The third kappa shape index (κ3) is 5.96. The van der Waals surface area contributed by atoms with Gasteiger partial charge in [-0.25, -0.2) is 4.98 Å². The van der Waals surface area contributed by atoms with Crippen molar-refractivity contribution in [2.75, 3.05) is 44.4 Å². The van der Waals surface area contributed by atoms with E-state index in [1.54, 1.807) is 5.38 Å². The molecule has 1 aromatic heterocycles. The van der Waals surface area contributed by atoms with Crippen LogP contribution < -0.4 is 10.6 Å². The maximum atomic E-state index is 10.9. The van der Waals surface area contributed by atoms with E-state index in [1.165, 1.54) is 11.3 Å². The summed E-state index contributed by atoms with van der Waals surface area (Å²) in [6.45, 7) is 7.73. The summed E-state index contributed by atoms with van der Waals surface area (Å²) in [7, 11) is 0. The quantitative estimate of drug-likeness (QED) is 0.590. The molecule has 0 radical (unpaired) electrons. The van der Waals surface area contributed by atoms with Crippen LogP contribution >= 0.6 is 11.3 Å². The third-order valence-electron chi connectivity index (χ3n) is 2.78. The number of anilines is 1. The first kappa shape index (κ1) is 17.8. The second-order valence-corrected chi connectivity index (χ2v) is 5.09. The molecule has 0 saturated heterocycles. The fraction of sp³-hybridized carbons (Fsp3) is 0.692. The Labute approximate surface area is 128 Å². The lowest BCUT2D eigenvalue weighted by molar-refractivity contribution is -0.138. The Bertz CT molecular complexity index is 417. The van der Waals surface area contributed by atoms with Crippen LogP contribution in [0.3, 0.4) is 0 Å². The van der Waals surface area contributed by atoms with Crippen LogP contribution in [0.5, 0.6) is 0 Å². The van der Waals surface area contributed by atoms with E-state index in [4.69, 9.17) is 20.3 Å². The molecular weight excluding hydrogens is 294 g/mol. The van der Waals surface area contributed by atoms with Gasteiger partial charge in [0.2, 0.25) is 0 Å². The van der Waals surface area contributed by atoms with Crippen molar-refractivity contribution in [1.82, 2.24) is 4.98 Å². The van der Waals surface area contributed by atoms with Crippen LogP contribution in [0.2, 0.25) is 0 Å². The lowest BCUT2D eigenvalue weighted by atomic mass is 10.2. The molecule has 1 rings (SSSR count). The highest BCUT2D eigenvalue weighted by Gasteiger charge is 2.19. The Balaban J connectivity index is 2.69. The van der Waals surface area contributed by atoms with Crippen LogP contribution in [-0.4, -0.2) is 55.6 Å². The first-order chi connectivity index (χ1) is 10.1. The maximum Gasteiger partial charge on any atom is 0.326 e. The summed E-state index contributed by atoms with van der Waals surface area (Å²) in [5, 5.41) is 11.3. The van der Waals surface area contributed by atoms with Crippen LogP contribution in [0.15, 0.2) is 5.38 Å². The Kier molecular flexibility index (Phi) is 8.21. The Morgan fingerprint density at radius 2 is 1.95 bits per heavy atom. The molecule has 1 aromatic rings. The van der Waals surface area contributed by atoms with Crippen LogP contribution in [0, 0.1) is 0 Å². The average molecular weight is 317 g/mol. The normalized spacial score (nSPS) is 12.3. The molecule has 0 saturated carbocycles. The van der Waals surface area contributed by atoms with Crippen molar-refractivity contribution in [3.63, 3.8) is 0 Å². The molecule has 0 aliphatic carbocycles. The highest BCUT2D eigenvalue weighted by molar-refractivity contribution is 7.13. The smallest absolute Gasteiger partial charge is 0.326 e. The predicted molar refractivity (Wildman–Crippen MR) is 81.9 cm³/mol. The van der Waals surface area contributed by atoms with Crippen molar-refractivity contribution in [2.24, 2.45) is 5.73 Å². The van der Waals surface area contributed by atoms with E-state index < -0.39 is 12.0 Å². The van der Waals surface area contributed by atoms with Crippen molar-refractivity contribution in [1.29, 1.82) is 0 Å². The average Bonchev–Trinajstić information content (AvgIpc) is 2.94. The van der Waals surface area contributed by atoms with E-state index in [-0.39, 0.29) is 0 Å². The van der Waals surface area contributed by atoms with Crippen molar-refractivity contribution >= 4 is 22.4 Å². The number of hydrogen-bond acceptors (Lipinski definition) is 7. The highest BCUT2D eigenvalue weighted by Crippen LogP contribution is 2.23. The van der Waals surface area contributed by atoms with Gasteiger partial charge < -0.3 is 25.2 Å². The second kappa shape index (κ2) is 9.67. The number of carboxylic acids is 1. The molecule has 1 unspecified atom stereocenters. The monoisotopic (exact) mass is 317 g/mol. The van der Waals surface area contributed by atoms with Gasteiger partial charge in [0, 0.05) is 31.7 Å². The number of rotatable bonds is 11. The molecule has 0 amide bonds. The number of thiazole rings is 1. The Hall–Kier alpha value is -1.22. The highest BCUT2D eigenvalue weighted by atomic mass is 32.1. The molecular formula is C13H23N3O4S. The molecule has 0 bridgehead atoms. The van der Waals surface area contributed by atoms with Gasteiger partial charge in [-0.1, -0.05) is 0 Å². The summed E-state index contributed by atoms with van der Waals surface area (Å²) < 4.78 is 10.7.